The molecule has 0 aliphatic heterocycles. The predicted molar refractivity (Wildman–Crippen MR) is 115 cm³/mol. The first kappa shape index (κ1) is 20.9. The SMILES string of the molecule is Bc1ccccc1C(=O)NC[C@]1(c2ccccn2)CC[C@H](OC(=O)NCC)CC1. The topological polar surface area (TPSA) is 80.3 Å². The van der Waals surface area contributed by atoms with Crippen LogP contribution in [0.1, 0.15) is 48.7 Å². The van der Waals surface area contributed by atoms with Gasteiger partial charge < -0.3 is 15.4 Å². The number of aromatic nitrogens is 1. The summed E-state index contributed by atoms with van der Waals surface area (Å²) in [6, 6.07) is 13.5. The molecule has 1 saturated carbocycles. The maximum atomic E-state index is 12.8. The number of amides is 2. The number of alkyl carbamates (subject to hydrolysis) is 1. The molecule has 0 bridgehead atoms. The quantitative estimate of drug-likeness (QED) is 0.733. The lowest BCUT2D eigenvalue weighted by Crippen LogP contribution is -2.46. The van der Waals surface area contributed by atoms with Crippen LogP contribution in [0.4, 0.5) is 4.79 Å². The van der Waals surface area contributed by atoms with Gasteiger partial charge in [0.15, 0.2) is 0 Å². The normalized spacial score (nSPS) is 21.2. The predicted octanol–water partition coefficient (Wildman–Crippen LogP) is 1.70. The van der Waals surface area contributed by atoms with E-state index in [2.05, 4.69) is 15.6 Å². The van der Waals surface area contributed by atoms with E-state index in [9.17, 15) is 9.59 Å². The van der Waals surface area contributed by atoms with Crippen LogP contribution in [-0.4, -0.2) is 44.0 Å². The Labute approximate surface area is 172 Å². The first-order chi connectivity index (χ1) is 14.0. The summed E-state index contributed by atoms with van der Waals surface area (Å²) in [5.41, 5.74) is 2.36. The number of hydrogen-bond donors (Lipinski definition) is 2. The van der Waals surface area contributed by atoms with Crippen LogP contribution in [0.15, 0.2) is 48.7 Å². The highest BCUT2D eigenvalue weighted by atomic mass is 16.6. The molecule has 0 radical (unpaired) electrons. The number of nitrogens with one attached hydrogen (secondary N) is 2. The second kappa shape index (κ2) is 9.59. The van der Waals surface area contributed by atoms with Crippen molar-refractivity contribution in [1.82, 2.24) is 15.6 Å². The number of ether oxygens (including phenoxy) is 1. The molecule has 0 atom stereocenters. The fourth-order valence-electron chi connectivity index (χ4n) is 3.97. The molecular weight excluding hydrogens is 365 g/mol. The molecule has 0 unspecified atom stereocenters. The minimum atomic E-state index is -0.365. The molecule has 7 heteroatoms. The smallest absolute Gasteiger partial charge is 0.407 e. The van der Waals surface area contributed by atoms with Gasteiger partial charge in [0, 0.05) is 36.0 Å². The first-order valence-corrected chi connectivity index (χ1v) is 10.2. The molecule has 3 rings (SSSR count). The molecule has 1 aromatic carbocycles. The second-order valence-electron chi connectivity index (χ2n) is 7.63. The van der Waals surface area contributed by atoms with E-state index in [1.807, 2.05) is 57.2 Å². The third-order valence-electron chi connectivity index (χ3n) is 5.67. The van der Waals surface area contributed by atoms with Crippen LogP contribution in [-0.2, 0) is 10.2 Å². The van der Waals surface area contributed by atoms with Crippen LogP contribution in [0, 0.1) is 0 Å². The Hall–Kier alpha value is -2.83. The van der Waals surface area contributed by atoms with Crippen molar-refractivity contribution in [2.24, 2.45) is 0 Å². The van der Waals surface area contributed by atoms with E-state index in [0.29, 0.717) is 18.7 Å². The summed E-state index contributed by atoms with van der Waals surface area (Å²) < 4.78 is 5.51. The minimum absolute atomic E-state index is 0.0703. The molecular formula is C22H28BN3O3. The fraction of sp³-hybridized carbons (Fsp3) is 0.409. The van der Waals surface area contributed by atoms with Gasteiger partial charge in [-0.1, -0.05) is 35.8 Å². The Balaban J connectivity index is 1.70. The summed E-state index contributed by atoms with van der Waals surface area (Å²) in [6.45, 7) is 2.92. The third-order valence-corrected chi connectivity index (χ3v) is 5.67. The van der Waals surface area contributed by atoms with Crippen molar-refractivity contribution < 1.29 is 14.3 Å². The van der Waals surface area contributed by atoms with Crippen molar-refractivity contribution >= 4 is 25.3 Å². The number of hydrogen-bond acceptors (Lipinski definition) is 4. The summed E-state index contributed by atoms with van der Waals surface area (Å²) >= 11 is 0. The lowest BCUT2D eigenvalue weighted by atomic mass is 9.70. The molecule has 152 valence electrons. The first-order valence-electron chi connectivity index (χ1n) is 10.2. The number of pyridine rings is 1. The van der Waals surface area contributed by atoms with Crippen molar-refractivity contribution in [3.63, 3.8) is 0 Å². The van der Waals surface area contributed by atoms with Gasteiger partial charge in [-0.15, -0.1) is 0 Å². The number of carbonyl (C=O) groups is 2. The minimum Gasteiger partial charge on any atom is -0.446 e. The second-order valence-corrected chi connectivity index (χ2v) is 7.63. The number of nitrogens with zero attached hydrogens (tertiary/aromatic N) is 1. The zero-order valence-corrected chi connectivity index (χ0v) is 17.1. The maximum Gasteiger partial charge on any atom is 0.407 e. The maximum absolute atomic E-state index is 12.8. The van der Waals surface area contributed by atoms with E-state index in [1.165, 1.54) is 0 Å². The monoisotopic (exact) mass is 393 g/mol. The average molecular weight is 393 g/mol. The zero-order chi connectivity index (χ0) is 20.7. The van der Waals surface area contributed by atoms with Crippen molar-refractivity contribution in [1.29, 1.82) is 0 Å². The largest absolute Gasteiger partial charge is 0.446 e. The van der Waals surface area contributed by atoms with E-state index in [1.54, 1.807) is 6.20 Å². The lowest BCUT2D eigenvalue weighted by molar-refractivity contribution is 0.0561. The van der Waals surface area contributed by atoms with Crippen LogP contribution >= 0.6 is 0 Å². The van der Waals surface area contributed by atoms with Gasteiger partial charge in [0.1, 0.15) is 14.0 Å². The fourth-order valence-corrected chi connectivity index (χ4v) is 3.97. The van der Waals surface area contributed by atoms with Crippen molar-refractivity contribution in [2.45, 2.75) is 44.1 Å². The van der Waals surface area contributed by atoms with Crippen LogP contribution in [0.5, 0.6) is 0 Å². The molecule has 1 fully saturated rings. The van der Waals surface area contributed by atoms with Crippen LogP contribution in [0.25, 0.3) is 0 Å². The molecule has 0 saturated heterocycles. The van der Waals surface area contributed by atoms with Crippen molar-refractivity contribution in [2.75, 3.05) is 13.1 Å². The summed E-state index contributed by atoms with van der Waals surface area (Å²) in [6.07, 6.45) is 4.39. The van der Waals surface area contributed by atoms with Crippen molar-refractivity contribution in [3.8, 4) is 0 Å². The van der Waals surface area contributed by atoms with Crippen LogP contribution in [0.2, 0.25) is 0 Å². The van der Waals surface area contributed by atoms with Crippen molar-refractivity contribution in [3.05, 3.63) is 59.9 Å². The Morgan fingerprint density at radius 3 is 2.52 bits per heavy atom. The Morgan fingerprint density at radius 1 is 1.14 bits per heavy atom. The molecule has 1 aliphatic carbocycles. The highest BCUT2D eigenvalue weighted by molar-refractivity contribution is 6.36. The van der Waals surface area contributed by atoms with Gasteiger partial charge in [0.25, 0.3) is 5.91 Å². The third kappa shape index (κ3) is 5.16. The van der Waals surface area contributed by atoms with E-state index < -0.39 is 0 Å². The molecule has 1 aromatic heterocycles. The van der Waals surface area contributed by atoms with Gasteiger partial charge in [-0.3, -0.25) is 9.78 Å². The van der Waals surface area contributed by atoms with Gasteiger partial charge in [-0.25, -0.2) is 4.79 Å². The molecule has 6 nitrogen and oxygen atoms in total. The van der Waals surface area contributed by atoms with Gasteiger partial charge in [-0.2, -0.15) is 0 Å². The standard InChI is InChI=1S/C22H28BN3O3/c1-2-24-21(28)29-16-10-12-22(13-11-16,19-9-5-6-14-25-19)15-26-20(27)17-7-3-4-8-18(17)23/h3-9,14,16H,2,10-13,15,23H2,1H3,(H,24,28)(H,26,27)/t16-,22-. The number of carbonyl (C=O) groups excluding carboxylic acids is 2. The molecule has 0 spiro atoms. The summed E-state index contributed by atoms with van der Waals surface area (Å²) in [4.78, 5) is 29.1. The Kier molecular flexibility index (Phi) is 6.91. The Morgan fingerprint density at radius 2 is 1.86 bits per heavy atom. The highest BCUT2D eigenvalue weighted by Crippen LogP contribution is 2.39. The highest BCUT2D eigenvalue weighted by Gasteiger charge is 2.39. The van der Waals surface area contributed by atoms with Gasteiger partial charge in [0.05, 0.1) is 0 Å². The Bertz CT molecular complexity index is 836. The lowest BCUT2D eigenvalue weighted by Gasteiger charge is -2.39. The number of rotatable bonds is 6. The van der Waals surface area contributed by atoms with Gasteiger partial charge in [0.2, 0.25) is 0 Å². The number of benzene rings is 1. The van der Waals surface area contributed by atoms with Gasteiger partial charge >= 0.3 is 6.09 Å². The average Bonchev–Trinajstić information content (AvgIpc) is 2.74. The molecule has 1 heterocycles. The van der Waals surface area contributed by atoms with Gasteiger partial charge in [-0.05, 0) is 44.7 Å². The van der Waals surface area contributed by atoms with Crippen LogP contribution in [0.3, 0.4) is 0 Å². The summed E-state index contributed by atoms with van der Waals surface area (Å²) in [5, 5.41) is 5.80. The molecule has 2 amide bonds. The van der Waals surface area contributed by atoms with Crippen LogP contribution < -0.4 is 16.1 Å². The molecule has 1 aliphatic rings. The van der Waals surface area contributed by atoms with E-state index >= 15 is 0 Å². The summed E-state index contributed by atoms with van der Waals surface area (Å²) in [7, 11) is 1.94. The molecule has 29 heavy (non-hydrogen) atoms. The van der Waals surface area contributed by atoms with E-state index in [4.69, 9.17) is 4.74 Å². The molecule has 2 aromatic rings. The molecule has 2 N–H and O–H groups in total. The summed E-state index contributed by atoms with van der Waals surface area (Å²) in [5.74, 6) is -0.0703. The van der Waals surface area contributed by atoms with E-state index in [-0.39, 0.29) is 23.5 Å². The van der Waals surface area contributed by atoms with E-state index in [0.717, 1.165) is 36.8 Å². The zero-order valence-electron chi connectivity index (χ0n) is 17.1.